The van der Waals surface area contributed by atoms with Crippen molar-refractivity contribution in [3.8, 4) is 11.5 Å². The fraction of sp³-hybridized carbons (Fsp3) is 0.571. The number of rotatable bonds is 6. The number of nitro benzene ring substituents is 1. The summed E-state index contributed by atoms with van der Waals surface area (Å²) in [7, 11) is 1.48. The first-order chi connectivity index (χ1) is 9.70. The summed E-state index contributed by atoms with van der Waals surface area (Å²) in [5.74, 6) is 1.42. The molecule has 0 spiro atoms. The molecule has 0 aromatic heterocycles. The summed E-state index contributed by atoms with van der Waals surface area (Å²) in [6.45, 7) is 2.61. The van der Waals surface area contributed by atoms with Crippen LogP contribution in [-0.4, -0.2) is 31.7 Å². The second-order valence-electron chi connectivity index (χ2n) is 4.92. The van der Waals surface area contributed by atoms with Gasteiger partial charge < -0.3 is 14.8 Å². The molecule has 0 unspecified atom stereocenters. The van der Waals surface area contributed by atoms with Crippen molar-refractivity contribution >= 4 is 5.69 Å². The Labute approximate surface area is 118 Å². The molecular formula is C14H20N2O4. The molecule has 0 atom stereocenters. The molecule has 6 heteroatoms. The molecule has 1 heterocycles. The van der Waals surface area contributed by atoms with Crippen molar-refractivity contribution < 1.29 is 14.4 Å². The summed E-state index contributed by atoms with van der Waals surface area (Å²) in [6.07, 6.45) is 3.23. The fourth-order valence-electron chi connectivity index (χ4n) is 2.39. The van der Waals surface area contributed by atoms with Crippen LogP contribution in [0.2, 0.25) is 0 Å². The number of nitro groups is 1. The van der Waals surface area contributed by atoms with Gasteiger partial charge in [0.1, 0.15) is 5.75 Å². The molecule has 1 saturated heterocycles. The van der Waals surface area contributed by atoms with Crippen molar-refractivity contribution in [2.75, 3.05) is 26.8 Å². The minimum Gasteiger partial charge on any atom is -0.496 e. The molecule has 0 aliphatic carbocycles. The van der Waals surface area contributed by atoms with Crippen molar-refractivity contribution in [2.45, 2.75) is 19.3 Å². The van der Waals surface area contributed by atoms with Gasteiger partial charge in [-0.05, 0) is 50.4 Å². The minimum absolute atomic E-state index is 0.0466. The number of methoxy groups -OCH3 is 1. The van der Waals surface area contributed by atoms with E-state index in [0.717, 1.165) is 32.4 Å². The summed E-state index contributed by atoms with van der Waals surface area (Å²) in [4.78, 5) is 10.6. The van der Waals surface area contributed by atoms with Gasteiger partial charge in [0.15, 0.2) is 5.75 Å². The van der Waals surface area contributed by atoms with E-state index in [1.165, 1.54) is 13.2 Å². The van der Waals surface area contributed by atoms with E-state index in [-0.39, 0.29) is 5.69 Å². The van der Waals surface area contributed by atoms with Crippen molar-refractivity contribution in [1.29, 1.82) is 0 Å². The molecule has 1 N–H and O–H groups in total. The third-order valence-corrected chi connectivity index (χ3v) is 3.61. The number of hydrogen-bond donors (Lipinski definition) is 1. The highest BCUT2D eigenvalue weighted by Crippen LogP contribution is 2.31. The summed E-state index contributed by atoms with van der Waals surface area (Å²) in [5, 5.41) is 14.3. The van der Waals surface area contributed by atoms with Crippen LogP contribution in [0.4, 0.5) is 5.69 Å². The van der Waals surface area contributed by atoms with Crippen LogP contribution >= 0.6 is 0 Å². The number of nitrogens with zero attached hydrogens (tertiary/aromatic N) is 1. The number of piperidine rings is 1. The van der Waals surface area contributed by atoms with Crippen LogP contribution in [0.25, 0.3) is 0 Å². The molecule has 2 rings (SSSR count). The Kier molecular flexibility index (Phi) is 5.17. The van der Waals surface area contributed by atoms with Crippen LogP contribution in [0.15, 0.2) is 18.2 Å². The highest BCUT2D eigenvalue weighted by atomic mass is 16.6. The molecular weight excluding hydrogens is 260 g/mol. The number of hydrogen-bond acceptors (Lipinski definition) is 5. The lowest BCUT2D eigenvalue weighted by Gasteiger charge is -2.22. The van der Waals surface area contributed by atoms with Crippen LogP contribution in [0.1, 0.15) is 19.3 Å². The summed E-state index contributed by atoms with van der Waals surface area (Å²) >= 11 is 0. The lowest BCUT2D eigenvalue weighted by atomic mass is 9.95. The van der Waals surface area contributed by atoms with Crippen LogP contribution in [0, 0.1) is 16.0 Å². The van der Waals surface area contributed by atoms with Gasteiger partial charge in [0.2, 0.25) is 0 Å². The maximum absolute atomic E-state index is 11.0. The van der Waals surface area contributed by atoms with E-state index in [1.807, 2.05) is 0 Å². The minimum atomic E-state index is -0.442. The molecule has 1 fully saturated rings. The average Bonchev–Trinajstić information content (AvgIpc) is 2.48. The molecule has 110 valence electrons. The molecule has 0 radical (unpaired) electrons. The van der Waals surface area contributed by atoms with Crippen LogP contribution in [-0.2, 0) is 0 Å². The van der Waals surface area contributed by atoms with Gasteiger partial charge in [-0.2, -0.15) is 0 Å². The van der Waals surface area contributed by atoms with Gasteiger partial charge in [0, 0.05) is 0 Å². The van der Waals surface area contributed by atoms with Crippen molar-refractivity contribution in [2.24, 2.45) is 5.92 Å². The molecule has 20 heavy (non-hydrogen) atoms. The van der Waals surface area contributed by atoms with Crippen LogP contribution in [0.5, 0.6) is 11.5 Å². The third-order valence-electron chi connectivity index (χ3n) is 3.61. The quantitative estimate of drug-likeness (QED) is 0.639. The zero-order valence-corrected chi connectivity index (χ0v) is 11.6. The molecule has 1 aliphatic heterocycles. The van der Waals surface area contributed by atoms with E-state index in [0.29, 0.717) is 24.0 Å². The zero-order chi connectivity index (χ0) is 14.4. The van der Waals surface area contributed by atoms with Gasteiger partial charge in [-0.25, -0.2) is 0 Å². The maximum atomic E-state index is 11.0. The first-order valence-corrected chi connectivity index (χ1v) is 6.86. The molecule has 0 bridgehead atoms. The molecule has 1 aromatic rings. The van der Waals surface area contributed by atoms with E-state index < -0.39 is 4.92 Å². The number of benzene rings is 1. The highest BCUT2D eigenvalue weighted by molar-refractivity contribution is 5.50. The first-order valence-electron chi connectivity index (χ1n) is 6.86. The topological polar surface area (TPSA) is 73.6 Å². The zero-order valence-electron chi connectivity index (χ0n) is 11.6. The lowest BCUT2D eigenvalue weighted by Crippen LogP contribution is -2.28. The van der Waals surface area contributed by atoms with E-state index in [1.54, 1.807) is 12.1 Å². The van der Waals surface area contributed by atoms with Gasteiger partial charge >= 0.3 is 5.69 Å². The normalized spacial score (nSPS) is 15.8. The molecule has 0 amide bonds. The summed E-state index contributed by atoms with van der Waals surface area (Å²) in [5.41, 5.74) is -0.0466. The Morgan fingerprint density at radius 1 is 1.40 bits per heavy atom. The maximum Gasteiger partial charge on any atom is 0.314 e. The predicted molar refractivity (Wildman–Crippen MR) is 75.4 cm³/mol. The highest BCUT2D eigenvalue weighted by Gasteiger charge is 2.18. The van der Waals surface area contributed by atoms with Crippen LogP contribution in [0.3, 0.4) is 0 Å². The van der Waals surface area contributed by atoms with E-state index >= 15 is 0 Å². The smallest absolute Gasteiger partial charge is 0.314 e. The molecule has 0 saturated carbocycles. The number of nitrogens with one attached hydrogen (secondary N) is 1. The Morgan fingerprint density at radius 2 is 2.15 bits per heavy atom. The lowest BCUT2D eigenvalue weighted by molar-refractivity contribution is -0.386. The molecule has 6 nitrogen and oxygen atoms in total. The Hall–Kier alpha value is -1.82. The van der Waals surface area contributed by atoms with Gasteiger partial charge in [0.25, 0.3) is 0 Å². The van der Waals surface area contributed by atoms with Gasteiger partial charge in [-0.3, -0.25) is 10.1 Å². The Bertz CT molecular complexity index is 458. The second kappa shape index (κ2) is 7.09. The Morgan fingerprint density at radius 3 is 2.80 bits per heavy atom. The largest absolute Gasteiger partial charge is 0.496 e. The SMILES string of the molecule is COc1ccc(OCCC2CCNCC2)c([N+](=O)[O-])c1. The van der Waals surface area contributed by atoms with Crippen molar-refractivity contribution in [1.82, 2.24) is 5.32 Å². The first kappa shape index (κ1) is 14.6. The van der Waals surface area contributed by atoms with E-state index in [9.17, 15) is 10.1 Å². The Balaban J connectivity index is 1.92. The molecule has 1 aliphatic rings. The van der Waals surface area contributed by atoms with E-state index in [2.05, 4.69) is 5.32 Å². The summed E-state index contributed by atoms with van der Waals surface area (Å²) in [6, 6.07) is 4.66. The second-order valence-corrected chi connectivity index (χ2v) is 4.92. The predicted octanol–water partition coefficient (Wildman–Crippen LogP) is 2.37. The van der Waals surface area contributed by atoms with Crippen molar-refractivity contribution in [3.63, 3.8) is 0 Å². The standard InChI is InChI=1S/C14H20N2O4/c1-19-12-2-3-14(13(10-12)16(17)18)20-9-6-11-4-7-15-8-5-11/h2-3,10-11,15H,4-9H2,1H3. The monoisotopic (exact) mass is 280 g/mol. The van der Waals surface area contributed by atoms with E-state index in [4.69, 9.17) is 9.47 Å². The van der Waals surface area contributed by atoms with Gasteiger partial charge in [-0.15, -0.1) is 0 Å². The molecule has 1 aromatic carbocycles. The summed E-state index contributed by atoms with van der Waals surface area (Å²) < 4.78 is 10.6. The third kappa shape index (κ3) is 3.84. The van der Waals surface area contributed by atoms with Crippen LogP contribution < -0.4 is 14.8 Å². The fourth-order valence-corrected chi connectivity index (χ4v) is 2.39. The average molecular weight is 280 g/mol. The van der Waals surface area contributed by atoms with Gasteiger partial charge in [-0.1, -0.05) is 0 Å². The number of ether oxygens (including phenoxy) is 2. The van der Waals surface area contributed by atoms with Gasteiger partial charge in [0.05, 0.1) is 24.7 Å². The van der Waals surface area contributed by atoms with Crippen molar-refractivity contribution in [3.05, 3.63) is 28.3 Å².